The summed E-state index contributed by atoms with van der Waals surface area (Å²) in [6, 6.07) is 3.20. The molecule has 1 saturated carbocycles. The summed E-state index contributed by atoms with van der Waals surface area (Å²) in [7, 11) is 0. The predicted octanol–water partition coefficient (Wildman–Crippen LogP) is 0.593. The standard InChI is InChI=1S/C23H26N6O4/c1-11-18-14(20(32)29-21(24-18)25-26-27-29)9-23(33)16-8-13-4-5-15(30)19(31)17(13)22(11,23)6-7-28(16)10-12-2-3-12/h4-5,11-12,16,30-31,33H,2-3,6-10H2,1H3,(H,24,25,27)/t11-,16+,22+,23+/m0/s1. The van der Waals surface area contributed by atoms with Crippen LogP contribution in [0.4, 0.5) is 0 Å². The number of hydrogen-bond acceptors (Lipinski definition) is 8. The van der Waals surface area contributed by atoms with Crippen LogP contribution in [-0.2, 0) is 18.3 Å². The van der Waals surface area contributed by atoms with Gasteiger partial charge in [-0.2, -0.15) is 9.73 Å². The van der Waals surface area contributed by atoms with Crippen molar-refractivity contribution in [3.8, 4) is 11.5 Å². The second kappa shape index (κ2) is 6.12. The Bertz CT molecular complexity index is 1380. The van der Waals surface area contributed by atoms with Gasteiger partial charge >= 0.3 is 0 Å². The molecule has 4 atom stereocenters. The molecule has 1 aliphatic heterocycles. The Morgan fingerprint density at radius 3 is 2.88 bits per heavy atom. The monoisotopic (exact) mass is 450 g/mol. The van der Waals surface area contributed by atoms with Gasteiger partial charge in [-0.05, 0) is 55.0 Å². The van der Waals surface area contributed by atoms with Crippen LogP contribution in [-0.4, -0.2) is 70.0 Å². The maximum atomic E-state index is 13.3. The highest BCUT2D eigenvalue weighted by molar-refractivity contribution is 5.60. The van der Waals surface area contributed by atoms with Gasteiger partial charge in [-0.1, -0.05) is 18.1 Å². The lowest BCUT2D eigenvalue weighted by atomic mass is 9.46. The average Bonchev–Trinajstić information content (AvgIpc) is 3.47. The number of aromatic hydroxyl groups is 2. The number of hydrogen-bond donors (Lipinski definition) is 4. The predicted molar refractivity (Wildman–Crippen MR) is 116 cm³/mol. The highest BCUT2D eigenvalue weighted by Gasteiger charge is 2.68. The number of H-pyrrole nitrogens is 1. The fourth-order valence-corrected chi connectivity index (χ4v) is 7.22. The van der Waals surface area contributed by atoms with Crippen LogP contribution in [0.3, 0.4) is 0 Å². The van der Waals surface area contributed by atoms with E-state index in [1.165, 1.54) is 23.4 Å². The molecule has 10 heteroatoms. The Morgan fingerprint density at radius 1 is 1.27 bits per heavy atom. The van der Waals surface area contributed by atoms with Crippen molar-refractivity contribution in [1.82, 2.24) is 29.9 Å². The zero-order chi connectivity index (χ0) is 22.7. The van der Waals surface area contributed by atoms with E-state index in [2.05, 4.69) is 25.4 Å². The molecule has 2 bridgehead atoms. The normalized spacial score (nSPS) is 32.9. The first-order valence-electron chi connectivity index (χ1n) is 11.7. The summed E-state index contributed by atoms with van der Waals surface area (Å²) < 4.78 is 1.21. The first-order chi connectivity index (χ1) is 15.8. The third-order valence-electron chi connectivity index (χ3n) is 8.92. The van der Waals surface area contributed by atoms with E-state index in [0.717, 1.165) is 18.7 Å². The van der Waals surface area contributed by atoms with Gasteiger partial charge in [-0.25, -0.2) is 4.98 Å². The minimum Gasteiger partial charge on any atom is -0.504 e. The highest BCUT2D eigenvalue weighted by atomic mass is 16.3. The molecule has 1 saturated heterocycles. The number of aromatic amines is 1. The quantitative estimate of drug-likeness (QED) is 0.416. The van der Waals surface area contributed by atoms with E-state index in [9.17, 15) is 20.1 Å². The number of nitrogens with one attached hydrogen (secondary N) is 1. The summed E-state index contributed by atoms with van der Waals surface area (Å²) >= 11 is 0. The molecule has 0 spiro atoms. The molecule has 33 heavy (non-hydrogen) atoms. The Morgan fingerprint density at radius 2 is 2.09 bits per heavy atom. The first kappa shape index (κ1) is 19.5. The smallest absolute Gasteiger partial charge is 0.278 e. The van der Waals surface area contributed by atoms with Crippen LogP contribution in [0.5, 0.6) is 11.5 Å². The van der Waals surface area contributed by atoms with Crippen LogP contribution >= 0.6 is 0 Å². The third-order valence-corrected chi connectivity index (χ3v) is 8.92. The van der Waals surface area contributed by atoms with Gasteiger partial charge < -0.3 is 15.3 Å². The van der Waals surface area contributed by atoms with Crippen LogP contribution in [0.2, 0.25) is 0 Å². The van der Waals surface area contributed by atoms with Gasteiger partial charge in [-0.15, -0.1) is 0 Å². The molecule has 3 aliphatic carbocycles. The first-order valence-corrected chi connectivity index (χ1v) is 11.7. The van der Waals surface area contributed by atoms with E-state index in [4.69, 9.17) is 0 Å². The molecule has 4 N–H and O–H groups in total. The van der Waals surface area contributed by atoms with Crippen molar-refractivity contribution in [2.24, 2.45) is 5.92 Å². The molecule has 3 heterocycles. The zero-order valence-electron chi connectivity index (χ0n) is 18.3. The van der Waals surface area contributed by atoms with Crippen LogP contribution in [0, 0.1) is 5.92 Å². The number of likely N-dealkylation sites (tertiary alicyclic amines) is 1. The summed E-state index contributed by atoms with van der Waals surface area (Å²) in [6.07, 6.45) is 3.71. The molecule has 1 aromatic carbocycles. The maximum Gasteiger partial charge on any atom is 0.278 e. The van der Waals surface area contributed by atoms with Crippen molar-refractivity contribution in [3.05, 3.63) is 44.9 Å². The van der Waals surface area contributed by atoms with Crippen LogP contribution in [0.25, 0.3) is 5.78 Å². The SMILES string of the molecule is C[C@H]1c2nc3nn[nH]n3c(=O)c2C[C@@]2(O)[C@H]3Cc4ccc(O)c(O)c4[C@@]12CCN3CC1CC1. The van der Waals surface area contributed by atoms with Crippen LogP contribution in [0.15, 0.2) is 16.9 Å². The van der Waals surface area contributed by atoms with Gasteiger partial charge in [0.25, 0.3) is 11.3 Å². The molecule has 3 aromatic rings. The van der Waals surface area contributed by atoms with Crippen LogP contribution < -0.4 is 5.56 Å². The van der Waals surface area contributed by atoms with Gasteiger partial charge in [0.2, 0.25) is 0 Å². The van der Waals surface area contributed by atoms with Crippen molar-refractivity contribution in [3.63, 3.8) is 0 Å². The van der Waals surface area contributed by atoms with E-state index in [1.807, 2.05) is 13.0 Å². The van der Waals surface area contributed by atoms with Crippen LogP contribution in [0.1, 0.15) is 54.5 Å². The Kier molecular flexibility index (Phi) is 3.61. The summed E-state index contributed by atoms with van der Waals surface area (Å²) in [6.45, 7) is 3.69. The third kappa shape index (κ3) is 2.25. The van der Waals surface area contributed by atoms with Crippen molar-refractivity contribution < 1.29 is 15.3 Å². The molecular formula is C23H26N6O4. The number of piperidine rings is 1. The summed E-state index contributed by atoms with van der Waals surface area (Å²) in [5.41, 5.74) is 0.111. The molecule has 10 nitrogen and oxygen atoms in total. The number of rotatable bonds is 2. The fourth-order valence-electron chi connectivity index (χ4n) is 7.22. The molecule has 2 aromatic heterocycles. The highest BCUT2D eigenvalue weighted by Crippen LogP contribution is 2.63. The lowest BCUT2D eigenvalue weighted by molar-refractivity contribution is -0.160. The minimum atomic E-state index is -1.30. The minimum absolute atomic E-state index is 0.126. The maximum absolute atomic E-state index is 13.3. The Balaban J connectivity index is 1.52. The van der Waals surface area contributed by atoms with Gasteiger partial charge in [0, 0.05) is 41.5 Å². The zero-order valence-corrected chi connectivity index (χ0v) is 18.3. The van der Waals surface area contributed by atoms with E-state index in [1.54, 1.807) is 0 Å². The van der Waals surface area contributed by atoms with E-state index < -0.39 is 11.0 Å². The topological polar surface area (TPSA) is 140 Å². The second-order valence-electron chi connectivity index (χ2n) is 10.4. The largest absolute Gasteiger partial charge is 0.504 e. The number of tetrazole rings is 1. The molecule has 172 valence electrons. The lowest BCUT2D eigenvalue weighted by Gasteiger charge is -2.65. The molecule has 0 unspecified atom stereocenters. The van der Waals surface area contributed by atoms with E-state index >= 15 is 0 Å². The van der Waals surface area contributed by atoms with Gasteiger partial charge in [0.05, 0.1) is 11.3 Å². The number of aromatic nitrogens is 5. The van der Waals surface area contributed by atoms with Crippen molar-refractivity contribution >= 4 is 5.78 Å². The van der Waals surface area contributed by atoms with Crippen molar-refractivity contribution in [1.29, 1.82) is 0 Å². The lowest BCUT2D eigenvalue weighted by Crippen LogP contribution is -2.75. The van der Waals surface area contributed by atoms with E-state index in [0.29, 0.717) is 35.6 Å². The molecule has 7 rings (SSSR count). The summed E-state index contributed by atoms with van der Waals surface area (Å²) in [5, 5.41) is 44.4. The molecule has 4 aliphatic rings. The van der Waals surface area contributed by atoms with Gasteiger partial charge in [0.15, 0.2) is 11.5 Å². The van der Waals surface area contributed by atoms with Crippen molar-refractivity contribution in [2.75, 3.05) is 13.1 Å². The number of nitrogens with zero attached hydrogens (tertiary/aromatic N) is 5. The summed E-state index contributed by atoms with van der Waals surface area (Å²) in [4.78, 5) is 20.4. The fraction of sp³-hybridized carbons (Fsp3) is 0.565. The van der Waals surface area contributed by atoms with E-state index in [-0.39, 0.29) is 41.2 Å². The molecule has 2 fully saturated rings. The number of benzene rings is 1. The number of phenolic OH excluding ortho intramolecular Hbond substituents is 2. The second-order valence-corrected chi connectivity index (χ2v) is 10.4. The molecular weight excluding hydrogens is 424 g/mol. The van der Waals surface area contributed by atoms with Gasteiger partial charge in [-0.3, -0.25) is 9.69 Å². The Hall–Kier alpha value is -2.98. The summed E-state index contributed by atoms with van der Waals surface area (Å²) in [5.74, 6) is 0.105. The number of fused-ring (bicyclic) bond motifs is 3. The number of aliphatic hydroxyl groups is 1. The Labute approximate surface area is 188 Å². The molecule has 0 radical (unpaired) electrons. The average molecular weight is 450 g/mol. The van der Waals surface area contributed by atoms with Crippen molar-refractivity contribution in [2.45, 2.75) is 62.0 Å². The molecule has 0 amide bonds. The van der Waals surface area contributed by atoms with Gasteiger partial charge in [0.1, 0.15) is 0 Å². The number of phenols is 2.